The summed E-state index contributed by atoms with van der Waals surface area (Å²) in [5.41, 5.74) is -0.0378. The number of aromatic nitrogens is 3. The third-order valence-electron chi connectivity index (χ3n) is 4.19. The number of ether oxygens (including phenoxy) is 1. The Balaban J connectivity index is 1.73. The molecule has 0 N–H and O–H groups in total. The molecule has 8 heteroatoms. The van der Waals surface area contributed by atoms with Crippen molar-refractivity contribution in [3.05, 3.63) is 23.5 Å². The molecule has 2 aromatic rings. The highest BCUT2D eigenvalue weighted by Crippen LogP contribution is 2.27. The summed E-state index contributed by atoms with van der Waals surface area (Å²) in [5, 5.41) is 0.351. The second kappa shape index (κ2) is 6.78. The number of piperidine rings is 1. The van der Waals surface area contributed by atoms with Gasteiger partial charge in [-0.1, -0.05) is 11.6 Å². The van der Waals surface area contributed by atoms with Crippen LogP contribution in [0.5, 0.6) is 0 Å². The summed E-state index contributed by atoms with van der Waals surface area (Å²) < 4.78 is 21.3. The molecule has 136 valence electrons. The van der Waals surface area contributed by atoms with Gasteiger partial charge in [-0.15, -0.1) is 0 Å². The molecule has 0 aliphatic carbocycles. The molecule has 6 nitrogen and oxygen atoms in total. The predicted octanol–water partition coefficient (Wildman–Crippen LogP) is 3.87. The second-order valence-electron chi connectivity index (χ2n) is 7.43. The van der Waals surface area contributed by atoms with E-state index in [1.54, 1.807) is 9.47 Å². The van der Waals surface area contributed by atoms with Crippen LogP contribution in [0.4, 0.5) is 9.18 Å². The first-order chi connectivity index (χ1) is 11.7. The van der Waals surface area contributed by atoms with Gasteiger partial charge in [0.2, 0.25) is 0 Å². The number of amides is 1. The van der Waals surface area contributed by atoms with Gasteiger partial charge in [0.1, 0.15) is 22.7 Å². The maximum Gasteiger partial charge on any atom is 0.410 e. The van der Waals surface area contributed by atoms with E-state index in [-0.39, 0.29) is 22.6 Å². The molecule has 0 aromatic carbocycles. The number of hydrogen-bond donors (Lipinski definition) is 0. The van der Waals surface area contributed by atoms with Gasteiger partial charge in [-0.3, -0.25) is 0 Å². The molecule has 0 saturated carbocycles. The van der Waals surface area contributed by atoms with E-state index in [0.717, 1.165) is 12.8 Å². The molecule has 2 aromatic heterocycles. The largest absolute Gasteiger partial charge is 0.444 e. The third-order valence-corrected chi connectivity index (χ3v) is 4.47. The van der Waals surface area contributed by atoms with E-state index in [4.69, 9.17) is 16.3 Å². The summed E-state index contributed by atoms with van der Waals surface area (Å²) >= 11 is 5.97. The molecule has 0 bridgehead atoms. The van der Waals surface area contributed by atoms with Crippen molar-refractivity contribution in [1.29, 1.82) is 0 Å². The van der Waals surface area contributed by atoms with Crippen molar-refractivity contribution < 1.29 is 13.9 Å². The minimum absolute atomic E-state index is 0.111. The smallest absolute Gasteiger partial charge is 0.410 e. The molecule has 1 aliphatic rings. The summed E-state index contributed by atoms with van der Waals surface area (Å²) in [6.45, 7) is 7.38. The number of fused-ring (bicyclic) bond motifs is 1. The van der Waals surface area contributed by atoms with E-state index in [1.807, 2.05) is 20.8 Å². The first-order valence-corrected chi connectivity index (χ1v) is 8.75. The van der Waals surface area contributed by atoms with Gasteiger partial charge in [0.25, 0.3) is 0 Å². The lowest BCUT2D eigenvalue weighted by Crippen LogP contribution is -2.43. The highest BCUT2D eigenvalue weighted by atomic mass is 35.5. The SMILES string of the molecule is CC(C)(C)OC(=O)N1CCC[C@@H](Cn2cc(F)c3c(Cl)ncnc32)C1. The van der Waals surface area contributed by atoms with Crippen molar-refractivity contribution in [3.8, 4) is 0 Å². The normalized spacial score (nSPS) is 18.6. The van der Waals surface area contributed by atoms with Crippen LogP contribution in [0, 0.1) is 11.7 Å². The van der Waals surface area contributed by atoms with Gasteiger partial charge >= 0.3 is 6.09 Å². The van der Waals surface area contributed by atoms with Crippen LogP contribution in [0.2, 0.25) is 5.15 Å². The molecule has 0 unspecified atom stereocenters. The number of carbonyl (C=O) groups is 1. The minimum atomic E-state index is -0.516. The fourth-order valence-corrected chi connectivity index (χ4v) is 3.38. The molecule has 0 spiro atoms. The lowest BCUT2D eigenvalue weighted by molar-refractivity contribution is 0.0157. The topological polar surface area (TPSA) is 60.2 Å². The van der Waals surface area contributed by atoms with Crippen LogP contribution in [0.1, 0.15) is 33.6 Å². The molecule has 1 fully saturated rings. The Kier molecular flexibility index (Phi) is 4.86. The first kappa shape index (κ1) is 17.9. The zero-order valence-corrected chi connectivity index (χ0v) is 15.4. The minimum Gasteiger partial charge on any atom is -0.444 e. The quantitative estimate of drug-likeness (QED) is 0.755. The highest BCUT2D eigenvalue weighted by molar-refractivity contribution is 6.33. The zero-order chi connectivity index (χ0) is 18.2. The molecule has 1 amide bonds. The Bertz CT molecular complexity index is 787. The van der Waals surface area contributed by atoms with E-state index in [0.29, 0.717) is 25.3 Å². The molecule has 1 saturated heterocycles. The van der Waals surface area contributed by atoms with Gasteiger partial charge in [0, 0.05) is 25.8 Å². The standard InChI is InChI=1S/C17H22ClFN4O2/c1-17(2,3)25-16(24)22-6-4-5-11(7-22)8-23-9-12(19)13-14(18)20-10-21-15(13)23/h9-11H,4-8H2,1-3H3/t11-/m1/s1. The van der Waals surface area contributed by atoms with Crippen molar-refractivity contribution >= 4 is 28.7 Å². The summed E-state index contributed by atoms with van der Waals surface area (Å²) in [6.07, 6.45) is 4.28. The molecule has 25 heavy (non-hydrogen) atoms. The van der Waals surface area contributed by atoms with Gasteiger partial charge in [0.05, 0.1) is 5.39 Å². The molecular formula is C17H22ClFN4O2. The summed E-state index contributed by atoms with van der Waals surface area (Å²) in [5.74, 6) is -0.231. The predicted molar refractivity (Wildman–Crippen MR) is 93.0 cm³/mol. The summed E-state index contributed by atoms with van der Waals surface area (Å²) in [6, 6.07) is 0. The van der Waals surface area contributed by atoms with Gasteiger partial charge in [-0.05, 0) is 39.5 Å². The highest BCUT2D eigenvalue weighted by Gasteiger charge is 2.28. The summed E-state index contributed by atoms with van der Waals surface area (Å²) in [4.78, 5) is 22.0. The van der Waals surface area contributed by atoms with E-state index < -0.39 is 11.4 Å². The van der Waals surface area contributed by atoms with Crippen molar-refractivity contribution in [2.75, 3.05) is 13.1 Å². The number of rotatable bonds is 2. The van der Waals surface area contributed by atoms with Crippen LogP contribution in [-0.2, 0) is 11.3 Å². The third kappa shape index (κ3) is 4.03. The Hall–Kier alpha value is -1.89. The zero-order valence-electron chi connectivity index (χ0n) is 14.6. The van der Waals surface area contributed by atoms with Crippen molar-refractivity contribution in [2.45, 2.75) is 45.8 Å². The maximum absolute atomic E-state index is 14.1. The second-order valence-corrected chi connectivity index (χ2v) is 7.79. The van der Waals surface area contributed by atoms with E-state index in [9.17, 15) is 9.18 Å². The van der Waals surface area contributed by atoms with Gasteiger partial charge in [0.15, 0.2) is 5.82 Å². The maximum atomic E-state index is 14.1. The number of nitrogens with zero attached hydrogens (tertiary/aromatic N) is 4. The van der Waals surface area contributed by atoms with Crippen LogP contribution in [0.15, 0.2) is 12.5 Å². The molecule has 0 radical (unpaired) electrons. The molecule has 3 rings (SSSR count). The van der Waals surface area contributed by atoms with Crippen molar-refractivity contribution in [2.24, 2.45) is 5.92 Å². The average Bonchev–Trinajstić information content (AvgIpc) is 2.83. The lowest BCUT2D eigenvalue weighted by atomic mass is 9.98. The van der Waals surface area contributed by atoms with Gasteiger partial charge in [-0.25, -0.2) is 19.2 Å². The molecule has 1 aliphatic heterocycles. The van der Waals surface area contributed by atoms with Crippen molar-refractivity contribution in [3.63, 3.8) is 0 Å². The monoisotopic (exact) mass is 368 g/mol. The molecule has 1 atom stereocenters. The summed E-state index contributed by atoms with van der Waals surface area (Å²) in [7, 11) is 0. The number of likely N-dealkylation sites (tertiary alicyclic amines) is 1. The Morgan fingerprint density at radius 2 is 2.20 bits per heavy atom. The van der Waals surface area contributed by atoms with Crippen LogP contribution in [-0.4, -0.2) is 44.2 Å². The Morgan fingerprint density at radius 3 is 2.92 bits per heavy atom. The molecular weight excluding hydrogens is 347 g/mol. The fourth-order valence-electron chi connectivity index (χ4n) is 3.16. The van der Waals surface area contributed by atoms with Crippen LogP contribution in [0.3, 0.4) is 0 Å². The Labute approximate surface area is 150 Å². The van der Waals surface area contributed by atoms with E-state index >= 15 is 0 Å². The Morgan fingerprint density at radius 1 is 1.44 bits per heavy atom. The number of hydrogen-bond acceptors (Lipinski definition) is 4. The first-order valence-electron chi connectivity index (χ1n) is 8.37. The van der Waals surface area contributed by atoms with Crippen LogP contribution < -0.4 is 0 Å². The average molecular weight is 369 g/mol. The van der Waals surface area contributed by atoms with E-state index in [1.165, 1.54) is 12.5 Å². The van der Waals surface area contributed by atoms with E-state index in [2.05, 4.69) is 9.97 Å². The van der Waals surface area contributed by atoms with Gasteiger partial charge in [-0.2, -0.15) is 0 Å². The van der Waals surface area contributed by atoms with Crippen molar-refractivity contribution in [1.82, 2.24) is 19.4 Å². The number of carbonyl (C=O) groups excluding carboxylic acids is 1. The fraction of sp³-hybridized carbons (Fsp3) is 0.588. The van der Waals surface area contributed by atoms with Gasteiger partial charge < -0.3 is 14.2 Å². The lowest BCUT2D eigenvalue weighted by Gasteiger charge is -2.34. The molecule has 3 heterocycles. The van der Waals surface area contributed by atoms with Crippen LogP contribution in [0.25, 0.3) is 11.0 Å². The number of halogens is 2. The van der Waals surface area contributed by atoms with Crippen LogP contribution >= 0.6 is 11.6 Å².